The Morgan fingerprint density at radius 1 is 1.18 bits per heavy atom. The van der Waals surface area contributed by atoms with Gasteiger partial charge in [0.25, 0.3) is 0 Å². The second-order valence-electron chi connectivity index (χ2n) is 4.44. The van der Waals surface area contributed by atoms with Gasteiger partial charge in [0, 0.05) is 0 Å². The summed E-state index contributed by atoms with van der Waals surface area (Å²) in [4.78, 5) is 11.8. The van der Waals surface area contributed by atoms with Crippen molar-refractivity contribution in [1.29, 1.82) is 5.26 Å². The van der Waals surface area contributed by atoms with E-state index in [2.05, 4.69) is 5.32 Å². The molecule has 0 spiro atoms. The molecule has 0 saturated carbocycles. The van der Waals surface area contributed by atoms with E-state index in [-0.39, 0.29) is 6.61 Å². The van der Waals surface area contributed by atoms with E-state index in [1.54, 1.807) is 12.1 Å². The number of rotatable bonds is 4. The maximum atomic E-state index is 11.8. The molecule has 2 aromatic carbocycles. The van der Waals surface area contributed by atoms with Gasteiger partial charge in [0.1, 0.15) is 12.6 Å². The highest BCUT2D eigenvalue weighted by atomic mass is 35.5. The van der Waals surface area contributed by atoms with Crippen molar-refractivity contribution in [3.05, 3.63) is 69.7 Å². The van der Waals surface area contributed by atoms with E-state index >= 15 is 0 Å². The number of hydrogen-bond acceptors (Lipinski definition) is 3. The number of ether oxygens (including phenoxy) is 1. The van der Waals surface area contributed by atoms with Crippen LogP contribution in [0.3, 0.4) is 0 Å². The molecule has 1 amide bonds. The molecule has 0 aliphatic heterocycles. The van der Waals surface area contributed by atoms with Crippen molar-refractivity contribution in [2.24, 2.45) is 0 Å². The Morgan fingerprint density at radius 2 is 1.91 bits per heavy atom. The third-order valence-electron chi connectivity index (χ3n) is 2.88. The van der Waals surface area contributed by atoms with Gasteiger partial charge in [-0.1, -0.05) is 59.6 Å². The van der Waals surface area contributed by atoms with E-state index < -0.39 is 12.1 Å². The summed E-state index contributed by atoms with van der Waals surface area (Å²) in [6.07, 6.45) is -0.679. The van der Waals surface area contributed by atoms with Crippen LogP contribution >= 0.6 is 23.2 Å². The van der Waals surface area contributed by atoms with E-state index in [1.165, 1.54) is 6.07 Å². The maximum Gasteiger partial charge on any atom is 0.408 e. The van der Waals surface area contributed by atoms with Gasteiger partial charge < -0.3 is 10.1 Å². The number of nitrogens with one attached hydrogen (secondary N) is 1. The zero-order valence-corrected chi connectivity index (χ0v) is 12.9. The van der Waals surface area contributed by atoms with Gasteiger partial charge in [0.05, 0.1) is 16.1 Å². The lowest BCUT2D eigenvalue weighted by molar-refractivity contribution is 0.137. The standard InChI is InChI=1S/C16H12Cl2N2O2/c17-13-7-6-12(8-14(13)18)15(9-19)20-16(21)22-10-11-4-2-1-3-5-11/h1-8,15H,10H2,(H,20,21)/t15-/m0/s1. The highest BCUT2D eigenvalue weighted by molar-refractivity contribution is 6.42. The van der Waals surface area contributed by atoms with E-state index in [1.807, 2.05) is 36.4 Å². The molecule has 0 bridgehead atoms. The lowest BCUT2D eigenvalue weighted by Gasteiger charge is -2.13. The summed E-state index contributed by atoms with van der Waals surface area (Å²) in [5.41, 5.74) is 1.40. The molecular formula is C16H12Cl2N2O2. The molecule has 0 saturated heterocycles. The molecule has 0 radical (unpaired) electrons. The van der Waals surface area contributed by atoms with Crippen LogP contribution < -0.4 is 5.32 Å². The number of alkyl carbamates (subject to hydrolysis) is 1. The van der Waals surface area contributed by atoms with Crippen LogP contribution in [0, 0.1) is 11.3 Å². The Morgan fingerprint density at radius 3 is 2.55 bits per heavy atom. The first-order valence-electron chi connectivity index (χ1n) is 6.42. The molecule has 22 heavy (non-hydrogen) atoms. The predicted octanol–water partition coefficient (Wildman–Crippen LogP) is 4.48. The van der Waals surface area contributed by atoms with Crippen LogP contribution in [0.4, 0.5) is 4.79 Å². The van der Waals surface area contributed by atoms with E-state index in [0.29, 0.717) is 15.6 Å². The van der Waals surface area contributed by atoms with E-state index in [0.717, 1.165) is 5.56 Å². The van der Waals surface area contributed by atoms with Crippen molar-refractivity contribution in [3.8, 4) is 6.07 Å². The van der Waals surface area contributed by atoms with Crippen LogP contribution in [0.25, 0.3) is 0 Å². The number of nitriles is 1. The molecule has 4 nitrogen and oxygen atoms in total. The molecule has 1 N–H and O–H groups in total. The molecular weight excluding hydrogens is 323 g/mol. The Hall–Kier alpha value is -2.22. The van der Waals surface area contributed by atoms with Crippen molar-refractivity contribution in [3.63, 3.8) is 0 Å². The second-order valence-corrected chi connectivity index (χ2v) is 5.26. The monoisotopic (exact) mass is 334 g/mol. The zero-order chi connectivity index (χ0) is 15.9. The van der Waals surface area contributed by atoms with Gasteiger partial charge in [-0.15, -0.1) is 0 Å². The third-order valence-corrected chi connectivity index (χ3v) is 3.62. The first-order valence-corrected chi connectivity index (χ1v) is 7.17. The van der Waals surface area contributed by atoms with Crippen molar-refractivity contribution < 1.29 is 9.53 Å². The summed E-state index contributed by atoms with van der Waals surface area (Å²) in [5, 5.41) is 12.4. The van der Waals surface area contributed by atoms with Crippen molar-refractivity contribution >= 4 is 29.3 Å². The van der Waals surface area contributed by atoms with Gasteiger partial charge in [-0.2, -0.15) is 5.26 Å². The molecule has 0 heterocycles. The van der Waals surface area contributed by atoms with Gasteiger partial charge >= 0.3 is 6.09 Å². The van der Waals surface area contributed by atoms with Gasteiger partial charge in [0.2, 0.25) is 0 Å². The van der Waals surface area contributed by atoms with Crippen molar-refractivity contribution in [2.75, 3.05) is 0 Å². The normalized spacial score (nSPS) is 11.3. The molecule has 6 heteroatoms. The first kappa shape index (κ1) is 16.2. The lowest BCUT2D eigenvalue weighted by Crippen LogP contribution is -2.28. The Kier molecular flexibility index (Phi) is 5.65. The fourth-order valence-electron chi connectivity index (χ4n) is 1.76. The maximum absolute atomic E-state index is 11.8. The number of hydrogen-bond donors (Lipinski definition) is 1. The van der Waals surface area contributed by atoms with Gasteiger partial charge in [-0.3, -0.25) is 0 Å². The second kappa shape index (κ2) is 7.69. The average molecular weight is 335 g/mol. The number of halogens is 2. The van der Waals surface area contributed by atoms with Crippen LogP contribution in [-0.2, 0) is 11.3 Å². The topological polar surface area (TPSA) is 62.1 Å². The van der Waals surface area contributed by atoms with Crippen molar-refractivity contribution in [2.45, 2.75) is 12.6 Å². The highest BCUT2D eigenvalue weighted by Crippen LogP contribution is 2.25. The Balaban J connectivity index is 1.96. The van der Waals surface area contributed by atoms with Crippen molar-refractivity contribution in [1.82, 2.24) is 5.32 Å². The van der Waals surface area contributed by atoms with E-state index in [4.69, 9.17) is 27.9 Å². The minimum atomic E-state index is -0.863. The van der Waals surface area contributed by atoms with Gasteiger partial charge in [0.15, 0.2) is 0 Å². The Labute approximate surface area is 138 Å². The molecule has 112 valence electrons. The quantitative estimate of drug-likeness (QED) is 0.896. The molecule has 2 rings (SSSR count). The summed E-state index contributed by atoms with van der Waals surface area (Å²) in [5.74, 6) is 0. The molecule has 2 aromatic rings. The SMILES string of the molecule is N#C[C@H](NC(=O)OCc1ccccc1)c1ccc(Cl)c(Cl)c1. The Bertz CT molecular complexity index is 699. The average Bonchev–Trinajstić information content (AvgIpc) is 2.54. The van der Waals surface area contributed by atoms with Gasteiger partial charge in [-0.05, 0) is 23.3 Å². The van der Waals surface area contributed by atoms with Gasteiger partial charge in [-0.25, -0.2) is 4.79 Å². The summed E-state index contributed by atoms with van der Waals surface area (Å²) in [6.45, 7) is 0.131. The van der Waals surface area contributed by atoms with E-state index in [9.17, 15) is 10.1 Å². The molecule has 0 unspecified atom stereocenters. The molecule has 0 aromatic heterocycles. The predicted molar refractivity (Wildman–Crippen MR) is 84.6 cm³/mol. The van der Waals surface area contributed by atoms with Crippen LogP contribution in [0.5, 0.6) is 0 Å². The van der Waals surface area contributed by atoms with Crippen LogP contribution in [-0.4, -0.2) is 6.09 Å². The smallest absolute Gasteiger partial charge is 0.408 e. The van der Waals surface area contributed by atoms with Crippen LogP contribution in [0.2, 0.25) is 10.0 Å². The minimum absolute atomic E-state index is 0.131. The minimum Gasteiger partial charge on any atom is -0.445 e. The molecule has 0 aliphatic carbocycles. The number of benzene rings is 2. The van der Waals surface area contributed by atoms with Crippen LogP contribution in [0.1, 0.15) is 17.2 Å². The first-order chi connectivity index (χ1) is 10.6. The van der Waals surface area contributed by atoms with Crippen LogP contribution in [0.15, 0.2) is 48.5 Å². The highest BCUT2D eigenvalue weighted by Gasteiger charge is 2.15. The number of carbonyl (C=O) groups excluding carboxylic acids is 1. The molecule has 0 aliphatic rings. The number of carbonyl (C=O) groups is 1. The zero-order valence-electron chi connectivity index (χ0n) is 11.4. The lowest BCUT2D eigenvalue weighted by atomic mass is 10.1. The number of nitrogens with zero attached hydrogens (tertiary/aromatic N) is 1. The number of amides is 1. The fourth-order valence-corrected chi connectivity index (χ4v) is 2.07. The third kappa shape index (κ3) is 4.39. The summed E-state index contributed by atoms with van der Waals surface area (Å²) in [7, 11) is 0. The summed E-state index contributed by atoms with van der Waals surface area (Å²) < 4.78 is 5.08. The summed E-state index contributed by atoms with van der Waals surface area (Å²) in [6, 6.07) is 15.1. The largest absolute Gasteiger partial charge is 0.445 e. The molecule has 1 atom stereocenters. The molecule has 0 fully saturated rings. The summed E-state index contributed by atoms with van der Waals surface area (Å²) >= 11 is 11.7. The fraction of sp³-hybridized carbons (Fsp3) is 0.125.